The van der Waals surface area contributed by atoms with Gasteiger partial charge in [0.05, 0.1) is 19.3 Å². The first-order chi connectivity index (χ1) is 12.2. The molecule has 3 rings (SSSR count). The average Bonchev–Trinajstić information content (AvgIpc) is 3.02. The Morgan fingerprint density at radius 1 is 1.16 bits per heavy atom. The summed E-state index contributed by atoms with van der Waals surface area (Å²) in [4.78, 5) is 4.43. The van der Waals surface area contributed by atoms with Crippen LogP contribution in [-0.2, 0) is 13.6 Å². The quantitative estimate of drug-likeness (QED) is 0.555. The lowest BCUT2D eigenvalue weighted by atomic mass is 10.1. The minimum Gasteiger partial charge on any atom is -0.497 e. The van der Waals surface area contributed by atoms with Gasteiger partial charge in [-0.15, -0.1) is 0 Å². The van der Waals surface area contributed by atoms with Crippen LogP contribution in [0.15, 0.2) is 65.8 Å². The van der Waals surface area contributed by atoms with Crippen LogP contribution in [0.1, 0.15) is 5.56 Å². The number of aliphatic imine (C=N–C) groups is 1. The second-order valence-corrected chi connectivity index (χ2v) is 5.60. The minimum absolute atomic E-state index is 0.355. The van der Waals surface area contributed by atoms with Gasteiger partial charge in [0.2, 0.25) is 0 Å². The van der Waals surface area contributed by atoms with Gasteiger partial charge >= 0.3 is 0 Å². The third kappa shape index (κ3) is 4.17. The highest BCUT2D eigenvalue weighted by atomic mass is 16.5. The van der Waals surface area contributed by atoms with Gasteiger partial charge in [-0.1, -0.05) is 30.3 Å². The molecule has 0 aliphatic rings. The number of rotatable bonds is 5. The lowest BCUT2D eigenvalue weighted by Crippen LogP contribution is -2.22. The van der Waals surface area contributed by atoms with Crippen molar-refractivity contribution in [3.05, 3.63) is 66.4 Å². The Bertz CT molecular complexity index is 853. The number of nitrogens with one attached hydrogen (secondary N) is 1. The lowest BCUT2D eigenvalue weighted by Gasteiger charge is -2.07. The van der Waals surface area contributed by atoms with Crippen LogP contribution in [0, 0.1) is 0 Å². The molecule has 0 aliphatic heterocycles. The second-order valence-electron chi connectivity index (χ2n) is 5.60. The highest BCUT2D eigenvalue weighted by Gasteiger charge is 2.09. The number of ether oxygens (including phenoxy) is 1. The number of hydrogen-bond donors (Lipinski definition) is 2. The number of aromatic nitrogens is 2. The number of hydrogen-bond acceptors (Lipinski definition) is 3. The predicted octanol–water partition coefficient (Wildman–Crippen LogP) is 3.02. The second kappa shape index (κ2) is 7.53. The predicted molar refractivity (Wildman–Crippen MR) is 101 cm³/mol. The van der Waals surface area contributed by atoms with E-state index in [0.717, 1.165) is 28.3 Å². The molecule has 0 spiro atoms. The molecule has 6 nitrogen and oxygen atoms in total. The van der Waals surface area contributed by atoms with Crippen LogP contribution in [0.2, 0.25) is 0 Å². The maximum Gasteiger partial charge on any atom is 0.193 e. The van der Waals surface area contributed by atoms with Crippen molar-refractivity contribution in [1.82, 2.24) is 9.78 Å². The van der Waals surface area contributed by atoms with Crippen molar-refractivity contribution in [2.75, 3.05) is 12.4 Å². The molecule has 0 fully saturated rings. The SMILES string of the molecule is COc1ccc(NC(N)=NCc2cn(C)nc2-c2ccccc2)cc1. The molecule has 0 radical (unpaired) electrons. The van der Waals surface area contributed by atoms with Gasteiger partial charge < -0.3 is 15.8 Å². The van der Waals surface area contributed by atoms with Crippen LogP contribution in [0.5, 0.6) is 5.75 Å². The van der Waals surface area contributed by atoms with Gasteiger partial charge in [-0.2, -0.15) is 5.10 Å². The van der Waals surface area contributed by atoms with Crippen LogP contribution in [0.25, 0.3) is 11.3 Å². The van der Waals surface area contributed by atoms with E-state index < -0.39 is 0 Å². The summed E-state index contributed by atoms with van der Waals surface area (Å²) in [6.45, 7) is 0.451. The molecule has 6 heteroatoms. The van der Waals surface area contributed by atoms with E-state index in [-0.39, 0.29) is 0 Å². The molecule has 0 atom stereocenters. The van der Waals surface area contributed by atoms with E-state index >= 15 is 0 Å². The van der Waals surface area contributed by atoms with Gasteiger partial charge in [0.25, 0.3) is 0 Å². The first-order valence-corrected chi connectivity index (χ1v) is 7.94. The van der Waals surface area contributed by atoms with Crippen LogP contribution in [0.3, 0.4) is 0 Å². The molecule has 25 heavy (non-hydrogen) atoms. The van der Waals surface area contributed by atoms with Gasteiger partial charge in [-0.3, -0.25) is 4.68 Å². The third-order valence-electron chi connectivity index (χ3n) is 3.73. The van der Waals surface area contributed by atoms with Crippen molar-refractivity contribution >= 4 is 11.6 Å². The summed E-state index contributed by atoms with van der Waals surface area (Å²) in [5, 5.41) is 7.61. The lowest BCUT2D eigenvalue weighted by molar-refractivity contribution is 0.415. The summed E-state index contributed by atoms with van der Waals surface area (Å²) in [6, 6.07) is 17.6. The van der Waals surface area contributed by atoms with Crippen molar-refractivity contribution < 1.29 is 4.74 Å². The Kier molecular flexibility index (Phi) is 4.99. The summed E-state index contributed by atoms with van der Waals surface area (Å²) < 4.78 is 6.93. The molecule has 1 aromatic heterocycles. The molecular formula is C19H21N5O. The van der Waals surface area contributed by atoms with E-state index in [9.17, 15) is 0 Å². The molecule has 3 aromatic rings. The molecule has 0 aliphatic carbocycles. The van der Waals surface area contributed by atoms with E-state index in [1.54, 1.807) is 11.8 Å². The topological polar surface area (TPSA) is 77.5 Å². The minimum atomic E-state index is 0.355. The van der Waals surface area contributed by atoms with Gasteiger partial charge in [0.15, 0.2) is 5.96 Å². The van der Waals surface area contributed by atoms with Gasteiger partial charge in [-0.05, 0) is 24.3 Å². The number of nitrogens with two attached hydrogens (primary N) is 1. The summed E-state index contributed by atoms with van der Waals surface area (Å²) in [5.41, 5.74) is 9.86. The normalized spacial score (nSPS) is 11.4. The maximum absolute atomic E-state index is 6.00. The molecule has 0 saturated carbocycles. The van der Waals surface area contributed by atoms with Crippen molar-refractivity contribution in [3.63, 3.8) is 0 Å². The summed E-state index contributed by atoms with van der Waals surface area (Å²) in [6.07, 6.45) is 1.96. The first kappa shape index (κ1) is 16.6. The third-order valence-corrected chi connectivity index (χ3v) is 3.73. The van der Waals surface area contributed by atoms with Gasteiger partial charge in [-0.25, -0.2) is 4.99 Å². The van der Waals surface area contributed by atoms with Crippen LogP contribution >= 0.6 is 0 Å². The monoisotopic (exact) mass is 335 g/mol. The fraction of sp³-hybridized carbons (Fsp3) is 0.158. The fourth-order valence-electron chi connectivity index (χ4n) is 2.52. The molecule has 3 N–H and O–H groups in total. The van der Waals surface area contributed by atoms with Crippen LogP contribution in [-0.4, -0.2) is 22.8 Å². The van der Waals surface area contributed by atoms with Crippen molar-refractivity contribution in [2.24, 2.45) is 17.8 Å². The number of benzene rings is 2. The summed E-state index contributed by atoms with van der Waals surface area (Å²) in [5.74, 6) is 1.15. The largest absolute Gasteiger partial charge is 0.497 e. The Morgan fingerprint density at radius 2 is 1.88 bits per heavy atom. The van der Waals surface area contributed by atoms with E-state index in [4.69, 9.17) is 10.5 Å². The molecule has 0 bridgehead atoms. The van der Waals surface area contributed by atoms with E-state index in [2.05, 4.69) is 15.4 Å². The first-order valence-electron chi connectivity index (χ1n) is 7.94. The van der Waals surface area contributed by atoms with Crippen molar-refractivity contribution in [2.45, 2.75) is 6.54 Å². The number of guanidine groups is 1. The maximum atomic E-state index is 6.00. The van der Waals surface area contributed by atoms with Crippen molar-refractivity contribution in [3.8, 4) is 17.0 Å². The van der Waals surface area contributed by atoms with Gasteiger partial charge in [0, 0.05) is 30.1 Å². The Morgan fingerprint density at radius 3 is 2.56 bits per heavy atom. The van der Waals surface area contributed by atoms with Crippen molar-refractivity contribution in [1.29, 1.82) is 0 Å². The molecule has 0 unspecified atom stereocenters. The highest BCUT2D eigenvalue weighted by molar-refractivity contribution is 5.92. The standard InChI is InChI=1S/C19H21N5O/c1-24-13-15(18(23-24)14-6-4-3-5-7-14)12-21-19(20)22-16-8-10-17(25-2)11-9-16/h3-11,13H,12H2,1-2H3,(H3,20,21,22). The van der Waals surface area contributed by atoms with E-state index in [0.29, 0.717) is 12.5 Å². The highest BCUT2D eigenvalue weighted by Crippen LogP contribution is 2.22. The Hall–Kier alpha value is -3.28. The van der Waals surface area contributed by atoms with Crippen LogP contribution < -0.4 is 15.8 Å². The summed E-state index contributed by atoms with van der Waals surface area (Å²) >= 11 is 0. The van der Waals surface area contributed by atoms with Crippen LogP contribution in [0.4, 0.5) is 5.69 Å². The zero-order chi connectivity index (χ0) is 17.6. The van der Waals surface area contributed by atoms with Gasteiger partial charge in [0.1, 0.15) is 5.75 Å². The zero-order valence-electron chi connectivity index (χ0n) is 14.3. The molecule has 1 heterocycles. The zero-order valence-corrected chi connectivity index (χ0v) is 14.3. The summed E-state index contributed by atoms with van der Waals surface area (Å²) in [7, 11) is 3.54. The Labute approximate surface area is 147 Å². The smallest absolute Gasteiger partial charge is 0.193 e. The number of anilines is 1. The molecular weight excluding hydrogens is 314 g/mol. The molecule has 0 amide bonds. The molecule has 128 valence electrons. The molecule has 2 aromatic carbocycles. The number of methoxy groups -OCH3 is 1. The number of aryl methyl sites for hydroxylation is 1. The fourth-order valence-corrected chi connectivity index (χ4v) is 2.52. The molecule has 0 saturated heterocycles. The van der Waals surface area contributed by atoms with E-state index in [1.165, 1.54) is 0 Å². The number of nitrogens with zero attached hydrogens (tertiary/aromatic N) is 3. The van der Waals surface area contributed by atoms with E-state index in [1.807, 2.05) is 67.8 Å². The Balaban J connectivity index is 1.73. The average molecular weight is 335 g/mol.